The van der Waals surface area contributed by atoms with Gasteiger partial charge in [0.1, 0.15) is 0 Å². The van der Waals surface area contributed by atoms with Crippen LogP contribution in [0.5, 0.6) is 0 Å². The normalized spacial score (nSPS) is 17.4. The summed E-state index contributed by atoms with van der Waals surface area (Å²) in [4.78, 5) is 33.1. The Hall–Kier alpha value is -2.46. The highest BCUT2D eigenvalue weighted by Crippen LogP contribution is 2.23. The molecule has 2 aromatic rings. The van der Waals surface area contributed by atoms with Crippen molar-refractivity contribution < 1.29 is 4.74 Å². The molecule has 10 nitrogen and oxygen atoms in total. The number of rotatable bonds is 7. The smallest absolute Gasteiger partial charge is 0.332 e. The average molecular weight is 418 g/mol. The summed E-state index contributed by atoms with van der Waals surface area (Å²) in [6.45, 7) is 9.81. The van der Waals surface area contributed by atoms with Gasteiger partial charge in [0, 0.05) is 33.2 Å². The SMILES string of the molecule is CCCCCn1c(=O)c2c(nc3n2CC(C)=NN3CCN2CCOCC2)n(C)c1=O. The zero-order valence-electron chi connectivity index (χ0n) is 18.1. The van der Waals surface area contributed by atoms with Gasteiger partial charge in [-0.05, 0) is 13.3 Å². The second-order valence-corrected chi connectivity index (χ2v) is 8.09. The van der Waals surface area contributed by atoms with Crippen LogP contribution in [0.4, 0.5) is 5.95 Å². The third-order valence-corrected chi connectivity index (χ3v) is 5.84. The highest BCUT2D eigenvalue weighted by molar-refractivity contribution is 5.87. The Kier molecular flexibility index (Phi) is 6.05. The van der Waals surface area contributed by atoms with E-state index in [1.165, 1.54) is 9.13 Å². The van der Waals surface area contributed by atoms with Gasteiger partial charge in [0.05, 0.1) is 32.0 Å². The monoisotopic (exact) mass is 417 g/mol. The van der Waals surface area contributed by atoms with Crippen molar-refractivity contribution in [1.82, 2.24) is 23.6 Å². The van der Waals surface area contributed by atoms with E-state index in [0.29, 0.717) is 36.7 Å². The third-order valence-electron chi connectivity index (χ3n) is 5.84. The van der Waals surface area contributed by atoms with E-state index in [1.54, 1.807) is 7.05 Å². The molecule has 0 radical (unpaired) electrons. The standard InChI is InChI=1S/C20H31N7O3/c1-4-5-6-7-25-18(28)16-17(23(3)20(25)29)21-19-26(16)14-15(2)22-27(19)9-8-24-10-12-30-13-11-24/h4-14H2,1-3H3. The minimum absolute atomic E-state index is 0.259. The molecule has 0 bridgehead atoms. The Morgan fingerprint density at radius 3 is 2.57 bits per heavy atom. The van der Waals surface area contributed by atoms with Gasteiger partial charge >= 0.3 is 5.69 Å². The van der Waals surface area contributed by atoms with Gasteiger partial charge in [0.25, 0.3) is 5.56 Å². The number of ether oxygens (including phenoxy) is 1. The number of aromatic nitrogens is 4. The maximum Gasteiger partial charge on any atom is 0.332 e. The number of imidazole rings is 1. The predicted molar refractivity (Wildman–Crippen MR) is 116 cm³/mol. The van der Waals surface area contributed by atoms with Crippen LogP contribution >= 0.6 is 0 Å². The number of hydrazone groups is 1. The number of fused-ring (bicyclic) bond motifs is 3. The number of anilines is 1. The minimum atomic E-state index is -0.309. The summed E-state index contributed by atoms with van der Waals surface area (Å²) in [6.07, 6.45) is 2.83. The molecule has 10 heteroatoms. The lowest BCUT2D eigenvalue weighted by Crippen LogP contribution is -2.42. The van der Waals surface area contributed by atoms with Gasteiger partial charge in [0.15, 0.2) is 11.2 Å². The fraction of sp³-hybridized carbons (Fsp3) is 0.700. The fourth-order valence-electron chi connectivity index (χ4n) is 4.15. The molecule has 4 rings (SSSR count). The number of hydrogen-bond donors (Lipinski definition) is 0. The van der Waals surface area contributed by atoms with Gasteiger partial charge in [-0.15, -0.1) is 0 Å². The molecule has 2 aliphatic rings. The molecule has 0 saturated carbocycles. The maximum absolute atomic E-state index is 13.3. The Morgan fingerprint density at radius 1 is 1.07 bits per heavy atom. The first kappa shape index (κ1) is 20.8. The first-order valence-electron chi connectivity index (χ1n) is 10.8. The number of aryl methyl sites for hydroxylation is 1. The summed E-state index contributed by atoms with van der Waals surface area (Å²) in [5.41, 5.74) is 1.25. The molecule has 164 valence electrons. The molecule has 4 heterocycles. The summed E-state index contributed by atoms with van der Waals surface area (Å²) in [6, 6.07) is 0. The van der Waals surface area contributed by atoms with Crippen LogP contribution < -0.4 is 16.3 Å². The van der Waals surface area contributed by atoms with E-state index in [2.05, 4.69) is 21.9 Å². The van der Waals surface area contributed by atoms with Gasteiger partial charge in [-0.2, -0.15) is 10.1 Å². The number of hydrogen-bond acceptors (Lipinski definition) is 7. The molecule has 0 spiro atoms. The molecular formula is C20H31N7O3. The van der Waals surface area contributed by atoms with Gasteiger partial charge < -0.3 is 4.74 Å². The molecule has 30 heavy (non-hydrogen) atoms. The van der Waals surface area contributed by atoms with Gasteiger partial charge in [-0.3, -0.25) is 23.4 Å². The molecule has 0 atom stereocenters. The molecule has 0 amide bonds. The van der Waals surface area contributed by atoms with E-state index in [-0.39, 0.29) is 11.2 Å². The van der Waals surface area contributed by atoms with Crippen molar-refractivity contribution in [2.75, 3.05) is 44.4 Å². The summed E-state index contributed by atoms with van der Waals surface area (Å²) >= 11 is 0. The zero-order valence-corrected chi connectivity index (χ0v) is 18.1. The molecule has 1 saturated heterocycles. The zero-order chi connectivity index (χ0) is 21.3. The predicted octanol–water partition coefficient (Wildman–Crippen LogP) is 0.615. The van der Waals surface area contributed by atoms with Gasteiger partial charge in [0.2, 0.25) is 5.95 Å². The topological polar surface area (TPSA) is 89.9 Å². The Labute approximate surface area is 175 Å². The van der Waals surface area contributed by atoms with Crippen molar-refractivity contribution in [3.8, 4) is 0 Å². The Balaban J connectivity index is 1.71. The van der Waals surface area contributed by atoms with Gasteiger partial charge in [-0.1, -0.05) is 19.8 Å². The second kappa shape index (κ2) is 8.73. The van der Waals surface area contributed by atoms with Crippen molar-refractivity contribution in [3.63, 3.8) is 0 Å². The first-order chi connectivity index (χ1) is 14.5. The summed E-state index contributed by atoms with van der Waals surface area (Å²) in [5.74, 6) is 0.627. The van der Waals surface area contributed by atoms with Crippen LogP contribution in [0.15, 0.2) is 14.7 Å². The van der Waals surface area contributed by atoms with Crippen molar-refractivity contribution >= 4 is 22.8 Å². The first-order valence-corrected chi connectivity index (χ1v) is 10.8. The third kappa shape index (κ3) is 3.81. The molecule has 0 N–H and O–H groups in total. The number of unbranched alkanes of at least 4 members (excludes halogenated alkanes) is 2. The van der Waals surface area contributed by atoms with Crippen LogP contribution in [0.2, 0.25) is 0 Å². The second-order valence-electron chi connectivity index (χ2n) is 8.09. The van der Waals surface area contributed by atoms with E-state index >= 15 is 0 Å². The Bertz CT molecular complexity index is 1060. The maximum atomic E-state index is 13.3. The van der Waals surface area contributed by atoms with Crippen LogP contribution in [0.3, 0.4) is 0 Å². The molecule has 0 unspecified atom stereocenters. The van der Waals surface area contributed by atoms with E-state index in [9.17, 15) is 9.59 Å². The minimum Gasteiger partial charge on any atom is -0.379 e. The number of morpholine rings is 1. The van der Waals surface area contributed by atoms with Crippen molar-refractivity contribution in [3.05, 3.63) is 20.8 Å². The summed E-state index contributed by atoms with van der Waals surface area (Å²) in [7, 11) is 1.69. The van der Waals surface area contributed by atoms with Crippen LogP contribution in [-0.2, 0) is 24.9 Å². The molecular weight excluding hydrogens is 386 g/mol. The molecule has 0 aliphatic carbocycles. The lowest BCUT2D eigenvalue weighted by molar-refractivity contribution is 0.0391. The fourth-order valence-corrected chi connectivity index (χ4v) is 4.15. The highest BCUT2D eigenvalue weighted by atomic mass is 16.5. The quantitative estimate of drug-likeness (QED) is 0.614. The highest BCUT2D eigenvalue weighted by Gasteiger charge is 2.27. The largest absolute Gasteiger partial charge is 0.379 e. The Morgan fingerprint density at radius 2 is 1.83 bits per heavy atom. The van der Waals surface area contributed by atoms with E-state index < -0.39 is 0 Å². The molecule has 2 aromatic heterocycles. The van der Waals surface area contributed by atoms with Crippen molar-refractivity contribution in [2.24, 2.45) is 12.1 Å². The average Bonchev–Trinajstić information content (AvgIpc) is 3.13. The molecule has 2 aliphatic heterocycles. The summed E-state index contributed by atoms with van der Waals surface area (Å²) in [5, 5.41) is 6.54. The van der Waals surface area contributed by atoms with Crippen LogP contribution in [-0.4, -0.2) is 68.7 Å². The lowest BCUT2D eigenvalue weighted by atomic mass is 10.2. The van der Waals surface area contributed by atoms with E-state index in [1.807, 2.05) is 16.5 Å². The van der Waals surface area contributed by atoms with Gasteiger partial charge in [-0.25, -0.2) is 9.80 Å². The van der Waals surface area contributed by atoms with Crippen LogP contribution in [0, 0.1) is 0 Å². The van der Waals surface area contributed by atoms with Crippen molar-refractivity contribution in [1.29, 1.82) is 0 Å². The van der Waals surface area contributed by atoms with E-state index in [4.69, 9.17) is 4.74 Å². The van der Waals surface area contributed by atoms with E-state index in [0.717, 1.165) is 57.8 Å². The number of nitrogens with zero attached hydrogens (tertiary/aromatic N) is 7. The van der Waals surface area contributed by atoms with Crippen LogP contribution in [0.1, 0.15) is 33.1 Å². The van der Waals surface area contributed by atoms with Crippen LogP contribution in [0.25, 0.3) is 11.2 Å². The molecule has 0 aromatic carbocycles. The lowest BCUT2D eigenvalue weighted by Gasteiger charge is -2.30. The summed E-state index contributed by atoms with van der Waals surface area (Å²) < 4.78 is 10.2. The molecule has 1 fully saturated rings. The van der Waals surface area contributed by atoms with Crippen molar-refractivity contribution in [2.45, 2.75) is 46.2 Å².